The van der Waals surface area contributed by atoms with Gasteiger partial charge in [-0.2, -0.15) is 0 Å². The fourth-order valence-electron chi connectivity index (χ4n) is 2.57. The van der Waals surface area contributed by atoms with E-state index in [0.717, 1.165) is 32.7 Å². The lowest BCUT2D eigenvalue weighted by Gasteiger charge is -2.30. The maximum Gasteiger partial charge on any atom is 0.0721 e. The van der Waals surface area contributed by atoms with E-state index in [-0.39, 0.29) is 0 Å². The van der Waals surface area contributed by atoms with Crippen molar-refractivity contribution in [3.05, 3.63) is 35.4 Å². The van der Waals surface area contributed by atoms with Crippen molar-refractivity contribution in [1.82, 2.24) is 5.32 Å². The third-order valence-electron chi connectivity index (χ3n) is 3.41. The second kappa shape index (κ2) is 6.88. The highest BCUT2D eigenvalue weighted by Gasteiger charge is 2.22. The van der Waals surface area contributed by atoms with Crippen molar-refractivity contribution in [2.45, 2.75) is 38.5 Å². The van der Waals surface area contributed by atoms with E-state index in [1.807, 2.05) is 0 Å². The molecule has 3 heteroatoms. The van der Waals surface area contributed by atoms with Gasteiger partial charge in [0.25, 0.3) is 0 Å². The van der Waals surface area contributed by atoms with Crippen molar-refractivity contribution in [3.8, 4) is 0 Å². The topological polar surface area (TPSA) is 30.5 Å². The quantitative estimate of drug-likeness (QED) is 0.840. The Kier molecular flexibility index (Phi) is 5.17. The Morgan fingerprint density at radius 1 is 1.44 bits per heavy atom. The van der Waals surface area contributed by atoms with Crippen LogP contribution in [0.25, 0.3) is 0 Å². The van der Waals surface area contributed by atoms with Crippen molar-refractivity contribution in [3.63, 3.8) is 0 Å². The van der Waals surface area contributed by atoms with Crippen LogP contribution < -0.4 is 5.32 Å². The average Bonchev–Trinajstić information content (AvgIpc) is 2.40. The van der Waals surface area contributed by atoms with Crippen molar-refractivity contribution in [1.29, 1.82) is 0 Å². The van der Waals surface area contributed by atoms with Gasteiger partial charge in [0, 0.05) is 13.2 Å². The lowest BCUT2D eigenvalue weighted by molar-refractivity contribution is 0.0701. The Morgan fingerprint density at radius 2 is 2.28 bits per heavy atom. The van der Waals surface area contributed by atoms with Gasteiger partial charge in [-0.25, -0.2) is 0 Å². The lowest BCUT2D eigenvalue weighted by atomic mass is 9.98. The number of fused-ring (bicyclic) bond motifs is 1. The normalized spacial score (nSPS) is 20.4. The average molecular weight is 249 g/mol. The first-order valence-electron chi connectivity index (χ1n) is 6.75. The third kappa shape index (κ3) is 3.31. The van der Waals surface area contributed by atoms with E-state index >= 15 is 0 Å². The van der Waals surface area contributed by atoms with Gasteiger partial charge in [-0.05, 0) is 17.5 Å². The maximum atomic E-state index is 5.66. The summed E-state index contributed by atoms with van der Waals surface area (Å²) < 4.78 is 10.9. The first-order valence-corrected chi connectivity index (χ1v) is 6.75. The molecule has 1 aliphatic rings. The Bertz CT molecular complexity index is 361. The molecule has 0 amide bonds. The van der Waals surface area contributed by atoms with Crippen LogP contribution in [0.3, 0.4) is 0 Å². The van der Waals surface area contributed by atoms with Crippen LogP contribution in [0.15, 0.2) is 24.3 Å². The van der Waals surface area contributed by atoms with Crippen LogP contribution >= 0.6 is 0 Å². The molecule has 0 bridgehead atoms. The number of hydrogen-bond acceptors (Lipinski definition) is 3. The molecule has 1 aliphatic heterocycles. The van der Waals surface area contributed by atoms with Crippen molar-refractivity contribution in [2.24, 2.45) is 0 Å². The van der Waals surface area contributed by atoms with E-state index in [2.05, 4.69) is 36.5 Å². The van der Waals surface area contributed by atoms with Crippen LogP contribution in [-0.2, 0) is 16.1 Å². The van der Waals surface area contributed by atoms with E-state index in [1.54, 1.807) is 7.11 Å². The van der Waals surface area contributed by atoms with Crippen molar-refractivity contribution < 1.29 is 9.47 Å². The van der Waals surface area contributed by atoms with Gasteiger partial charge in [-0.3, -0.25) is 0 Å². The van der Waals surface area contributed by atoms with E-state index in [1.165, 1.54) is 11.1 Å². The summed E-state index contributed by atoms with van der Waals surface area (Å²) in [6, 6.07) is 9.22. The first kappa shape index (κ1) is 13.5. The number of rotatable bonds is 6. The van der Waals surface area contributed by atoms with Gasteiger partial charge in [0.2, 0.25) is 0 Å². The summed E-state index contributed by atoms with van der Waals surface area (Å²) in [7, 11) is 1.76. The fourth-order valence-corrected chi connectivity index (χ4v) is 2.57. The molecule has 3 nitrogen and oxygen atoms in total. The van der Waals surface area contributed by atoms with E-state index < -0.39 is 0 Å². The van der Waals surface area contributed by atoms with Crippen molar-refractivity contribution in [2.75, 3.05) is 20.3 Å². The summed E-state index contributed by atoms with van der Waals surface area (Å²) in [5.74, 6) is 0. The summed E-state index contributed by atoms with van der Waals surface area (Å²) >= 11 is 0. The van der Waals surface area contributed by atoms with Crippen LogP contribution in [0.1, 0.15) is 36.9 Å². The minimum Gasteiger partial charge on any atom is -0.383 e. The molecule has 2 unspecified atom stereocenters. The highest BCUT2D eigenvalue weighted by molar-refractivity contribution is 5.31. The molecule has 2 rings (SSSR count). The number of hydrogen-bond donors (Lipinski definition) is 1. The van der Waals surface area contributed by atoms with Gasteiger partial charge in [0.15, 0.2) is 0 Å². The van der Waals surface area contributed by atoms with Crippen LogP contribution in [-0.4, -0.2) is 26.4 Å². The minimum absolute atomic E-state index is 0.293. The van der Waals surface area contributed by atoms with Crippen LogP contribution in [0.5, 0.6) is 0 Å². The molecule has 18 heavy (non-hydrogen) atoms. The fraction of sp³-hybridized carbons (Fsp3) is 0.600. The Hall–Kier alpha value is -0.900. The molecule has 100 valence electrons. The number of nitrogens with one attached hydrogen (secondary N) is 1. The Morgan fingerprint density at radius 3 is 3.06 bits per heavy atom. The highest BCUT2D eigenvalue weighted by Crippen LogP contribution is 2.25. The largest absolute Gasteiger partial charge is 0.383 e. The molecule has 0 saturated heterocycles. The second-order valence-corrected chi connectivity index (χ2v) is 4.87. The van der Waals surface area contributed by atoms with Gasteiger partial charge in [0.05, 0.1) is 25.9 Å². The molecule has 0 aliphatic carbocycles. The molecule has 2 atom stereocenters. The lowest BCUT2D eigenvalue weighted by Crippen LogP contribution is -2.39. The molecule has 0 radical (unpaired) electrons. The van der Waals surface area contributed by atoms with Gasteiger partial charge < -0.3 is 14.8 Å². The van der Waals surface area contributed by atoms with Gasteiger partial charge in [-0.1, -0.05) is 37.6 Å². The summed E-state index contributed by atoms with van der Waals surface area (Å²) in [5, 5.41) is 3.66. The first-order chi connectivity index (χ1) is 8.85. The predicted octanol–water partition coefficient (Wildman–Crippen LogP) is 2.66. The highest BCUT2D eigenvalue weighted by atomic mass is 16.5. The van der Waals surface area contributed by atoms with E-state index in [0.29, 0.717) is 12.1 Å². The summed E-state index contributed by atoms with van der Waals surface area (Å²) in [4.78, 5) is 0. The Labute approximate surface area is 109 Å². The van der Waals surface area contributed by atoms with E-state index in [9.17, 15) is 0 Å². The molecule has 1 N–H and O–H groups in total. The molecular weight excluding hydrogens is 226 g/mol. The molecular formula is C15H23NO2. The standard InChI is InChI=1S/C15H23NO2/c1-3-6-13(10-17-2)16-15-11-18-9-12-7-4-5-8-14(12)15/h4-5,7-8,13,15-16H,3,6,9-11H2,1-2H3. The molecule has 0 aromatic heterocycles. The zero-order valence-corrected chi connectivity index (χ0v) is 11.3. The smallest absolute Gasteiger partial charge is 0.0721 e. The minimum atomic E-state index is 0.293. The molecule has 0 fully saturated rings. The zero-order valence-electron chi connectivity index (χ0n) is 11.3. The van der Waals surface area contributed by atoms with Crippen LogP contribution in [0, 0.1) is 0 Å². The van der Waals surface area contributed by atoms with E-state index in [4.69, 9.17) is 9.47 Å². The zero-order chi connectivity index (χ0) is 12.8. The summed E-state index contributed by atoms with van der Waals surface area (Å²) in [6.45, 7) is 4.44. The number of benzene rings is 1. The van der Waals surface area contributed by atoms with Gasteiger partial charge in [-0.15, -0.1) is 0 Å². The van der Waals surface area contributed by atoms with Gasteiger partial charge in [0.1, 0.15) is 0 Å². The number of methoxy groups -OCH3 is 1. The molecule has 0 saturated carbocycles. The van der Waals surface area contributed by atoms with Gasteiger partial charge >= 0.3 is 0 Å². The van der Waals surface area contributed by atoms with Crippen LogP contribution in [0.4, 0.5) is 0 Å². The summed E-state index contributed by atoms with van der Waals surface area (Å²) in [6.07, 6.45) is 2.29. The molecule has 1 aromatic carbocycles. The van der Waals surface area contributed by atoms with Crippen LogP contribution in [0.2, 0.25) is 0 Å². The maximum absolute atomic E-state index is 5.66. The number of ether oxygens (including phenoxy) is 2. The second-order valence-electron chi connectivity index (χ2n) is 4.87. The third-order valence-corrected chi connectivity index (χ3v) is 3.41. The Balaban J connectivity index is 2.05. The summed E-state index contributed by atoms with van der Waals surface area (Å²) in [5.41, 5.74) is 2.68. The molecule has 1 aromatic rings. The molecule has 0 spiro atoms. The SMILES string of the molecule is CCCC(COC)NC1COCc2ccccc21. The molecule has 1 heterocycles. The monoisotopic (exact) mass is 249 g/mol. The van der Waals surface area contributed by atoms with Crippen molar-refractivity contribution >= 4 is 0 Å². The predicted molar refractivity (Wildman–Crippen MR) is 72.5 cm³/mol.